The third-order valence-electron chi connectivity index (χ3n) is 2.95. The molecule has 0 saturated carbocycles. The van der Waals surface area contributed by atoms with E-state index in [4.69, 9.17) is 10.5 Å². The summed E-state index contributed by atoms with van der Waals surface area (Å²) in [6, 6.07) is 7.39. The average Bonchev–Trinajstić information content (AvgIpc) is 2.60. The van der Waals surface area contributed by atoms with Crippen LogP contribution in [0.3, 0.4) is 0 Å². The summed E-state index contributed by atoms with van der Waals surface area (Å²) in [7, 11) is 0. The van der Waals surface area contributed by atoms with E-state index in [0.717, 1.165) is 6.54 Å². The molecule has 1 aliphatic rings. The minimum absolute atomic E-state index is 0.224. The quantitative estimate of drug-likeness (QED) is 0.803. The molecule has 1 aromatic rings. The maximum atomic E-state index is 11.5. The van der Waals surface area contributed by atoms with Gasteiger partial charge < -0.3 is 15.4 Å². The van der Waals surface area contributed by atoms with Crippen molar-refractivity contribution in [3.05, 3.63) is 24.3 Å². The van der Waals surface area contributed by atoms with Gasteiger partial charge in [-0.1, -0.05) is 19.1 Å². The molecule has 4 heteroatoms. The van der Waals surface area contributed by atoms with Crippen LogP contribution in [0.4, 0.5) is 5.69 Å². The molecule has 0 spiro atoms. The van der Waals surface area contributed by atoms with Crippen LogP contribution in [0.15, 0.2) is 24.3 Å². The van der Waals surface area contributed by atoms with E-state index in [0.29, 0.717) is 36.9 Å². The van der Waals surface area contributed by atoms with Crippen LogP contribution >= 0.6 is 0 Å². The summed E-state index contributed by atoms with van der Waals surface area (Å²) in [5, 5.41) is 0. The first-order valence-electron chi connectivity index (χ1n) is 5.92. The number of carbonyl (C=O) groups excluding carboxylic acids is 1. The van der Waals surface area contributed by atoms with Crippen LogP contribution in [0.2, 0.25) is 0 Å². The summed E-state index contributed by atoms with van der Waals surface area (Å²) < 4.78 is 5.56. The fourth-order valence-corrected chi connectivity index (χ4v) is 2.06. The number of nitrogen functional groups attached to an aromatic ring is 1. The van der Waals surface area contributed by atoms with Gasteiger partial charge >= 0.3 is 0 Å². The van der Waals surface area contributed by atoms with Crippen LogP contribution in [-0.2, 0) is 4.79 Å². The highest BCUT2D eigenvalue weighted by Crippen LogP contribution is 2.20. The molecule has 1 aromatic carbocycles. The molecular formula is C13H18N2O2. The first-order valence-corrected chi connectivity index (χ1v) is 5.92. The van der Waals surface area contributed by atoms with Gasteiger partial charge in [-0.2, -0.15) is 0 Å². The van der Waals surface area contributed by atoms with Crippen LogP contribution in [0.1, 0.15) is 13.3 Å². The molecule has 1 heterocycles. The number of hydrogen-bond donors (Lipinski definition) is 1. The van der Waals surface area contributed by atoms with Crippen molar-refractivity contribution >= 4 is 11.6 Å². The Kier molecular flexibility index (Phi) is 3.52. The fourth-order valence-electron chi connectivity index (χ4n) is 2.06. The number of nitrogens with two attached hydrogens (primary N) is 1. The van der Waals surface area contributed by atoms with Crippen molar-refractivity contribution in [3.63, 3.8) is 0 Å². The van der Waals surface area contributed by atoms with Gasteiger partial charge in [0.25, 0.3) is 0 Å². The highest BCUT2D eigenvalue weighted by molar-refractivity contribution is 5.78. The smallest absolute Gasteiger partial charge is 0.223 e. The van der Waals surface area contributed by atoms with Gasteiger partial charge in [-0.05, 0) is 18.1 Å². The lowest BCUT2D eigenvalue weighted by atomic mass is 10.2. The molecule has 0 aromatic heterocycles. The predicted molar refractivity (Wildman–Crippen MR) is 66.7 cm³/mol. The zero-order valence-electron chi connectivity index (χ0n) is 10.1. The molecule has 17 heavy (non-hydrogen) atoms. The van der Waals surface area contributed by atoms with Crippen molar-refractivity contribution in [1.29, 1.82) is 0 Å². The molecular weight excluding hydrogens is 216 g/mol. The van der Waals surface area contributed by atoms with Crippen LogP contribution in [0.5, 0.6) is 5.75 Å². The Hall–Kier alpha value is -1.71. The van der Waals surface area contributed by atoms with Gasteiger partial charge in [0.1, 0.15) is 12.4 Å². The molecule has 1 aliphatic heterocycles. The number of likely N-dealkylation sites (tertiary alicyclic amines) is 1. The molecule has 0 aliphatic carbocycles. The molecule has 4 nitrogen and oxygen atoms in total. The standard InChI is InChI=1S/C13H18N2O2/c1-10-8-13(16)15(9-10)6-7-17-12-5-3-2-4-11(12)14/h2-5,10H,6-9,14H2,1H3. The van der Waals surface area contributed by atoms with E-state index in [1.54, 1.807) is 6.07 Å². The topological polar surface area (TPSA) is 55.6 Å². The minimum atomic E-state index is 0.224. The second kappa shape index (κ2) is 5.08. The number of nitrogens with zero attached hydrogens (tertiary/aromatic N) is 1. The predicted octanol–water partition coefficient (Wildman–Crippen LogP) is 1.52. The van der Waals surface area contributed by atoms with E-state index in [2.05, 4.69) is 6.92 Å². The molecule has 92 valence electrons. The summed E-state index contributed by atoms with van der Waals surface area (Å²) in [5.41, 5.74) is 6.39. The lowest BCUT2D eigenvalue weighted by molar-refractivity contribution is -0.128. The van der Waals surface area contributed by atoms with E-state index >= 15 is 0 Å². The maximum Gasteiger partial charge on any atom is 0.223 e. The van der Waals surface area contributed by atoms with Gasteiger partial charge in [-0.25, -0.2) is 0 Å². The Morgan fingerprint density at radius 1 is 1.47 bits per heavy atom. The Morgan fingerprint density at radius 3 is 2.88 bits per heavy atom. The van der Waals surface area contributed by atoms with Crippen molar-refractivity contribution < 1.29 is 9.53 Å². The van der Waals surface area contributed by atoms with Crippen molar-refractivity contribution in [2.24, 2.45) is 5.92 Å². The van der Waals surface area contributed by atoms with Gasteiger partial charge in [-0.15, -0.1) is 0 Å². The summed E-state index contributed by atoms with van der Waals surface area (Å²) in [6.07, 6.45) is 0.660. The Bertz CT molecular complexity index is 406. The van der Waals surface area contributed by atoms with Crippen molar-refractivity contribution in [2.45, 2.75) is 13.3 Å². The molecule has 0 radical (unpaired) electrons. The largest absolute Gasteiger partial charge is 0.490 e. The van der Waals surface area contributed by atoms with Crippen LogP contribution in [0, 0.1) is 5.92 Å². The number of ether oxygens (including phenoxy) is 1. The van der Waals surface area contributed by atoms with E-state index in [1.165, 1.54) is 0 Å². The van der Waals surface area contributed by atoms with Crippen molar-refractivity contribution in [1.82, 2.24) is 4.90 Å². The van der Waals surface area contributed by atoms with Crippen molar-refractivity contribution in [3.8, 4) is 5.75 Å². The number of para-hydroxylation sites is 2. The number of hydrogen-bond acceptors (Lipinski definition) is 3. The van der Waals surface area contributed by atoms with E-state index < -0.39 is 0 Å². The Labute approximate surface area is 101 Å². The molecule has 1 saturated heterocycles. The minimum Gasteiger partial charge on any atom is -0.490 e. The van der Waals surface area contributed by atoms with E-state index in [9.17, 15) is 4.79 Å². The monoisotopic (exact) mass is 234 g/mol. The maximum absolute atomic E-state index is 11.5. The zero-order valence-corrected chi connectivity index (χ0v) is 10.1. The number of benzene rings is 1. The van der Waals surface area contributed by atoms with Crippen LogP contribution < -0.4 is 10.5 Å². The fraction of sp³-hybridized carbons (Fsp3) is 0.462. The molecule has 1 amide bonds. The highest BCUT2D eigenvalue weighted by atomic mass is 16.5. The third kappa shape index (κ3) is 2.90. The van der Waals surface area contributed by atoms with Gasteiger partial charge in [0.05, 0.1) is 12.2 Å². The van der Waals surface area contributed by atoms with Crippen molar-refractivity contribution in [2.75, 3.05) is 25.4 Å². The highest BCUT2D eigenvalue weighted by Gasteiger charge is 2.25. The second-order valence-corrected chi connectivity index (χ2v) is 4.54. The van der Waals surface area contributed by atoms with E-state index in [1.807, 2.05) is 23.1 Å². The number of amides is 1. The summed E-state index contributed by atoms with van der Waals surface area (Å²) >= 11 is 0. The van der Waals surface area contributed by atoms with Gasteiger partial charge in [0.2, 0.25) is 5.91 Å². The average molecular weight is 234 g/mol. The molecule has 0 bridgehead atoms. The summed E-state index contributed by atoms with van der Waals surface area (Å²) in [6.45, 7) is 4.06. The lowest BCUT2D eigenvalue weighted by Gasteiger charge is -2.16. The number of rotatable bonds is 4. The first-order chi connectivity index (χ1) is 8.16. The third-order valence-corrected chi connectivity index (χ3v) is 2.95. The van der Waals surface area contributed by atoms with Gasteiger partial charge in [0, 0.05) is 13.0 Å². The summed E-state index contributed by atoms with van der Waals surface area (Å²) in [5.74, 6) is 1.37. The molecule has 2 N–H and O–H groups in total. The number of carbonyl (C=O) groups is 1. The number of anilines is 1. The van der Waals surface area contributed by atoms with Gasteiger partial charge in [0.15, 0.2) is 0 Å². The zero-order chi connectivity index (χ0) is 12.3. The lowest BCUT2D eigenvalue weighted by Crippen LogP contribution is -2.29. The molecule has 1 unspecified atom stereocenters. The molecule has 1 atom stereocenters. The second-order valence-electron chi connectivity index (χ2n) is 4.54. The molecule has 2 rings (SSSR count). The van der Waals surface area contributed by atoms with Crippen LogP contribution in [-0.4, -0.2) is 30.5 Å². The van der Waals surface area contributed by atoms with E-state index in [-0.39, 0.29) is 5.91 Å². The van der Waals surface area contributed by atoms with Gasteiger partial charge in [-0.3, -0.25) is 4.79 Å². The van der Waals surface area contributed by atoms with Crippen LogP contribution in [0.25, 0.3) is 0 Å². The summed E-state index contributed by atoms with van der Waals surface area (Å²) in [4.78, 5) is 13.4. The molecule has 1 fully saturated rings. The normalized spacial score (nSPS) is 19.7. The Balaban J connectivity index is 1.80. The Morgan fingerprint density at radius 2 is 2.24 bits per heavy atom. The SMILES string of the molecule is CC1CC(=O)N(CCOc2ccccc2N)C1. The first kappa shape index (κ1) is 11.8.